The minimum atomic E-state index is 0.980. The summed E-state index contributed by atoms with van der Waals surface area (Å²) in [6.45, 7) is 0. The van der Waals surface area contributed by atoms with Gasteiger partial charge < -0.3 is 4.90 Å². The summed E-state index contributed by atoms with van der Waals surface area (Å²) >= 11 is 1.61. The van der Waals surface area contributed by atoms with Gasteiger partial charge in [0.15, 0.2) is 5.13 Å². The van der Waals surface area contributed by atoms with Gasteiger partial charge in [-0.25, -0.2) is 4.98 Å². The molecule has 0 aliphatic heterocycles. The quantitative estimate of drug-likeness (QED) is 0.729. The van der Waals surface area contributed by atoms with E-state index in [1.807, 2.05) is 35.7 Å². The number of hydrogen-bond donors (Lipinski definition) is 0. The average molecular weight is 191 g/mol. The van der Waals surface area contributed by atoms with E-state index in [-0.39, 0.29) is 0 Å². The molecular weight excluding hydrogens is 182 g/mol. The second-order valence-electron chi connectivity index (χ2n) is 2.58. The highest BCUT2D eigenvalue weighted by Gasteiger charge is 2.04. The van der Waals surface area contributed by atoms with Crippen molar-refractivity contribution in [3.63, 3.8) is 0 Å². The van der Waals surface area contributed by atoms with E-state index in [1.54, 1.807) is 23.7 Å². The standard InChI is InChI=1S/C9H9N3S/c1-12(9-11-5-6-13-9)8-3-2-4-10-7-8/h2-7H,1H3. The van der Waals surface area contributed by atoms with Crippen LogP contribution in [0.3, 0.4) is 0 Å². The van der Waals surface area contributed by atoms with E-state index >= 15 is 0 Å². The Morgan fingerprint density at radius 3 is 2.92 bits per heavy atom. The Bertz CT molecular complexity index is 358. The Hall–Kier alpha value is -1.42. The molecule has 0 aliphatic rings. The number of anilines is 2. The first-order valence-electron chi connectivity index (χ1n) is 3.91. The number of thiazole rings is 1. The van der Waals surface area contributed by atoms with Crippen LogP contribution in [0.15, 0.2) is 36.1 Å². The van der Waals surface area contributed by atoms with Gasteiger partial charge in [0.25, 0.3) is 0 Å². The molecule has 0 saturated carbocycles. The molecule has 0 bridgehead atoms. The summed E-state index contributed by atoms with van der Waals surface area (Å²) in [7, 11) is 1.98. The molecule has 2 rings (SSSR count). The van der Waals surface area contributed by atoms with E-state index < -0.39 is 0 Å². The van der Waals surface area contributed by atoms with Crippen molar-refractivity contribution in [2.24, 2.45) is 0 Å². The van der Waals surface area contributed by atoms with Crippen molar-refractivity contribution in [1.29, 1.82) is 0 Å². The molecule has 0 aromatic carbocycles. The van der Waals surface area contributed by atoms with Gasteiger partial charge >= 0.3 is 0 Å². The van der Waals surface area contributed by atoms with Crippen LogP contribution in [0.1, 0.15) is 0 Å². The fourth-order valence-electron chi connectivity index (χ4n) is 1.04. The summed E-state index contributed by atoms with van der Waals surface area (Å²) in [5.74, 6) is 0. The Morgan fingerprint density at radius 1 is 1.38 bits per heavy atom. The Labute approximate surface area is 80.7 Å². The first-order valence-corrected chi connectivity index (χ1v) is 4.79. The highest BCUT2D eigenvalue weighted by molar-refractivity contribution is 7.13. The second kappa shape index (κ2) is 3.53. The molecule has 0 N–H and O–H groups in total. The SMILES string of the molecule is CN(c1cccnc1)c1nccs1. The van der Waals surface area contributed by atoms with E-state index in [1.165, 1.54) is 0 Å². The van der Waals surface area contributed by atoms with Crippen molar-refractivity contribution in [1.82, 2.24) is 9.97 Å². The topological polar surface area (TPSA) is 29.0 Å². The fourth-order valence-corrected chi connectivity index (χ4v) is 1.67. The molecule has 0 unspecified atom stereocenters. The van der Waals surface area contributed by atoms with E-state index in [9.17, 15) is 0 Å². The zero-order chi connectivity index (χ0) is 9.10. The fraction of sp³-hybridized carbons (Fsp3) is 0.111. The van der Waals surface area contributed by atoms with Gasteiger partial charge in [0.2, 0.25) is 0 Å². The number of pyridine rings is 1. The molecule has 0 fully saturated rings. The first kappa shape index (κ1) is 8.19. The summed E-state index contributed by atoms with van der Waals surface area (Å²) in [5.41, 5.74) is 1.05. The lowest BCUT2D eigenvalue weighted by Gasteiger charge is -2.14. The van der Waals surface area contributed by atoms with Crippen LogP contribution in [0.4, 0.5) is 10.8 Å². The van der Waals surface area contributed by atoms with Gasteiger partial charge in [-0.15, -0.1) is 11.3 Å². The number of rotatable bonds is 2. The van der Waals surface area contributed by atoms with E-state index in [2.05, 4.69) is 9.97 Å². The largest absolute Gasteiger partial charge is 0.319 e. The molecule has 0 aliphatic carbocycles. The molecule has 3 nitrogen and oxygen atoms in total. The van der Waals surface area contributed by atoms with Crippen LogP contribution in [0, 0.1) is 0 Å². The summed E-state index contributed by atoms with van der Waals surface area (Å²) in [6, 6.07) is 3.92. The summed E-state index contributed by atoms with van der Waals surface area (Å²) in [6.07, 6.45) is 5.38. The second-order valence-corrected chi connectivity index (χ2v) is 3.46. The van der Waals surface area contributed by atoms with Crippen LogP contribution in [0.25, 0.3) is 0 Å². The van der Waals surface area contributed by atoms with Crippen molar-refractivity contribution < 1.29 is 0 Å². The van der Waals surface area contributed by atoms with Crippen molar-refractivity contribution in [2.75, 3.05) is 11.9 Å². The number of hydrogen-bond acceptors (Lipinski definition) is 4. The molecule has 0 atom stereocenters. The zero-order valence-electron chi connectivity index (χ0n) is 7.21. The minimum absolute atomic E-state index is 0.980. The van der Waals surface area contributed by atoms with Gasteiger partial charge in [0.1, 0.15) is 0 Å². The van der Waals surface area contributed by atoms with E-state index in [0.29, 0.717) is 0 Å². The first-order chi connectivity index (χ1) is 6.38. The Kier molecular flexibility index (Phi) is 2.23. The van der Waals surface area contributed by atoms with Crippen molar-refractivity contribution >= 4 is 22.2 Å². The molecule has 0 amide bonds. The number of aromatic nitrogens is 2. The normalized spacial score (nSPS) is 9.92. The minimum Gasteiger partial charge on any atom is -0.319 e. The molecule has 0 spiro atoms. The number of nitrogens with zero attached hydrogens (tertiary/aromatic N) is 3. The highest BCUT2D eigenvalue weighted by Crippen LogP contribution is 2.23. The summed E-state index contributed by atoms with van der Waals surface area (Å²) in [4.78, 5) is 10.3. The Balaban J connectivity index is 2.29. The monoisotopic (exact) mass is 191 g/mol. The van der Waals surface area contributed by atoms with Crippen molar-refractivity contribution in [3.05, 3.63) is 36.1 Å². The summed E-state index contributed by atoms with van der Waals surface area (Å²) in [5, 5.41) is 2.94. The predicted octanol–water partition coefficient (Wildman–Crippen LogP) is 2.31. The smallest absolute Gasteiger partial charge is 0.189 e. The molecule has 2 aromatic heterocycles. The van der Waals surface area contributed by atoms with Crippen LogP contribution in [0.2, 0.25) is 0 Å². The summed E-state index contributed by atoms with van der Waals surface area (Å²) < 4.78 is 0. The molecule has 13 heavy (non-hydrogen) atoms. The molecule has 4 heteroatoms. The lowest BCUT2D eigenvalue weighted by Crippen LogP contribution is -2.08. The van der Waals surface area contributed by atoms with Crippen molar-refractivity contribution in [3.8, 4) is 0 Å². The molecule has 2 aromatic rings. The third kappa shape index (κ3) is 1.67. The average Bonchev–Trinajstić information content (AvgIpc) is 2.71. The van der Waals surface area contributed by atoms with Gasteiger partial charge in [0.05, 0.1) is 11.9 Å². The van der Waals surface area contributed by atoms with Gasteiger partial charge in [-0.1, -0.05) is 0 Å². The molecule has 0 saturated heterocycles. The maximum absolute atomic E-state index is 4.21. The third-order valence-corrected chi connectivity index (χ3v) is 2.59. The van der Waals surface area contributed by atoms with Crippen LogP contribution < -0.4 is 4.90 Å². The zero-order valence-corrected chi connectivity index (χ0v) is 8.03. The van der Waals surface area contributed by atoms with E-state index in [4.69, 9.17) is 0 Å². The molecular formula is C9H9N3S. The maximum atomic E-state index is 4.21. The predicted molar refractivity (Wildman–Crippen MR) is 54.4 cm³/mol. The van der Waals surface area contributed by atoms with Crippen LogP contribution >= 0.6 is 11.3 Å². The molecule has 0 radical (unpaired) electrons. The van der Waals surface area contributed by atoms with Crippen LogP contribution in [-0.4, -0.2) is 17.0 Å². The van der Waals surface area contributed by atoms with Crippen LogP contribution in [-0.2, 0) is 0 Å². The molecule has 2 heterocycles. The third-order valence-electron chi connectivity index (χ3n) is 1.74. The maximum Gasteiger partial charge on any atom is 0.189 e. The highest BCUT2D eigenvalue weighted by atomic mass is 32.1. The van der Waals surface area contributed by atoms with Crippen molar-refractivity contribution in [2.45, 2.75) is 0 Å². The van der Waals surface area contributed by atoms with Gasteiger partial charge in [-0.05, 0) is 12.1 Å². The Morgan fingerprint density at radius 2 is 2.31 bits per heavy atom. The van der Waals surface area contributed by atoms with Crippen LogP contribution in [0.5, 0.6) is 0 Å². The van der Waals surface area contributed by atoms with Gasteiger partial charge in [-0.2, -0.15) is 0 Å². The lowest BCUT2D eigenvalue weighted by molar-refractivity contribution is 1.15. The lowest BCUT2D eigenvalue weighted by atomic mass is 10.4. The van der Waals surface area contributed by atoms with Gasteiger partial charge in [0, 0.05) is 24.8 Å². The van der Waals surface area contributed by atoms with Gasteiger partial charge in [-0.3, -0.25) is 4.98 Å². The molecule has 66 valence electrons. The van der Waals surface area contributed by atoms with E-state index in [0.717, 1.165) is 10.8 Å².